The molecule has 4 nitrogen and oxygen atoms in total. The third-order valence-corrected chi connectivity index (χ3v) is 4.33. The second-order valence-electron chi connectivity index (χ2n) is 5.98. The number of hydrogen-bond donors (Lipinski definition) is 2. The first-order valence-corrected chi connectivity index (χ1v) is 8.29. The van der Waals surface area contributed by atoms with E-state index in [1.54, 1.807) is 24.3 Å². The number of anilines is 1. The molecule has 0 spiro atoms. The highest BCUT2D eigenvalue weighted by molar-refractivity contribution is 6.10. The van der Waals surface area contributed by atoms with Crippen molar-refractivity contribution in [2.45, 2.75) is 0 Å². The number of fused-ring (bicyclic) bond motifs is 1. The lowest BCUT2D eigenvalue weighted by Crippen LogP contribution is -2.14. The van der Waals surface area contributed by atoms with E-state index in [0.717, 1.165) is 22.2 Å². The van der Waals surface area contributed by atoms with Gasteiger partial charge < -0.3 is 10.3 Å². The zero-order valence-electron chi connectivity index (χ0n) is 13.9. The number of hydrogen-bond acceptors (Lipinski definition) is 2. The van der Waals surface area contributed by atoms with E-state index in [-0.39, 0.29) is 5.91 Å². The van der Waals surface area contributed by atoms with Crippen LogP contribution in [0.15, 0.2) is 78.9 Å². The van der Waals surface area contributed by atoms with E-state index in [2.05, 4.69) is 16.4 Å². The van der Waals surface area contributed by atoms with Crippen LogP contribution in [0.4, 0.5) is 5.69 Å². The molecule has 0 radical (unpaired) electrons. The molecular formula is C22H16N2O2. The van der Waals surface area contributed by atoms with Gasteiger partial charge in [0, 0.05) is 27.7 Å². The molecule has 4 aromatic rings. The zero-order valence-corrected chi connectivity index (χ0v) is 13.9. The van der Waals surface area contributed by atoms with Crippen molar-refractivity contribution in [3.8, 4) is 11.3 Å². The lowest BCUT2D eigenvalue weighted by atomic mass is 10.1. The Labute approximate surface area is 150 Å². The fourth-order valence-corrected chi connectivity index (χ4v) is 3.04. The van der Waals surface area contributed by atoms with Gasteiger partial charge in [-0.3, -0.25) is 9.59 Å². The number of carbonyl (C=O) groups excluding carboxylic acids is 2. The van der Waals surface area contributed by atoms with E-state index in [1.807, 2.05) is 48.5 Å². The highest BCUT2D eigenvalue weighted by atomic mass is 16.1. The minimum absolute atomic E-state index is 0.309. The molecule has 4 heteroatoms. The second kappa shape index (κ2) is 6.69. The van der Waals surface area contributed by atoms with Crippen LogP contribution in [0, 0.1) is 0 Å². The largest absolute Gasteiger partial charge is 0.354 e. The fourth-order valence-electron chi connectivity index (χ4n) is 3.04. The van der Waals surface area contributed by atoms with E-state index in [4.69, 9.17) is 0 Å². The van der Waals surface area contributed by atoms with Crippen LogP contribution in [-0.4, -0.2) is 17.2 Å². The molecule has 1 aromatic heterocycles. The molecule has 3 aromatic carbocycles. The lowest BCUT2D eigenvalue weighted by molar-refractivity contribution is 0.101. The predicted octanol–water partition coefficient (Wildman–Crippen LogP) is 4.90. The molecule has 1 heterocycles. The number of aromatic nitrogens is 1. The van der Waals surface area contributed by atoms with Gasteiger partial charge in [0.05, 0.1) is 11.3 Å². The van der Waals surface area contributed by atoms with Crippen molar-refractivity contribution < 1.29 is 9.59 Å². The summed E-state index contributed by atoms with van der Waals surface area (Å²) >= 11 is 0. The maximum atomic E-state index is 12.7. The summed E-state index contributed by atoms with van der Waals surface area (Å²) in [5, 5.41) is 4.03. The first-order valence-electron chi connectivity index (χ1n) is 8.29. The number of aldehydes is 1. The molecule has 0 atom stereocenters. The van der Waals surface area contributed by atoms with Gasteiger partial charge in [-0.1, -0.05) is 54.6 Å². The molecule has 0 saturated carbocycles. The zero-order chi connectivity index (χ0) is 17.9. The first-order chi connectivity index (χ1) is 12.8. The van der Waals surface area contributed by atoms with Crippen molar-refractivity contribution in [1.82, 2.24) is 4.98 Å². The van der Waals surface area contributed by atoms with Crippen LogP contribution < -0.4 is 5.32 Å². The summed E-state index contributed by atoms with van der Waals surface area (Å²) in [5.41, 5.74) is 4.26. The van der Waals surface area contributed by atoms with Crippen molar-refractivity contribution in [3.05, 3.63) is 90.0 Å². The van der Waals surface area contributed by atoms with Crippen molar-refractivity contribution in [2.24, 2.45) is 0 Å². The summed E-state index contributed by atoms with van der Waals surface area (Å²) in [6.45, 7) is 0. The summed E-state index contributed by atoms with van der Waals surface area (Å²) < 4.78 is 0. The molecule has 4 rings (SSSR count). The molecule has 26 heavy (non-hydrogen) atoms. The highest BCUT2D eigenvalue weighted by Crippen LogP contribution is 2.30. The Morgan fingerprint density at radius 3 is 2.46 bits per heavy atom. The Kier molecular flexibility index (Phi) is 4.07. The molecule has 0 aliphatic rings. The Bertz CT molecular complexity index is 1080. The molecule has 126 valence electrons. The molecule has 0 aliphatic heterocycles. The van der Waals surface area contributed by atoms with E-state index < -0.39 is 0 Å². The Morgan fingerprint density at radius 2 is 1.62 bits per heavy atom. The average Bonchev–Trinajstić information content (AvgIpc) is 3.12. The SMILES string of the molecule is O=Cc1ccccc1C(=O)Nc1ccccc1-c1cc2ccccc2[nH]1. The number of aromatic amines is 1. The van der Waals surface area contributed by atoms with Gasteiger partial charge in [-0.2, -0.15) is 0 Å². The van der Waals surface area contributed by atoms with Gasteiger partial charge in [0.1, 0.15) is 0 Å². The van der Waals surface area contributed by atoms with Gasteiger partial charge in [0.15, 0.2) is 6.29 Å². The maximum Gasteiger partial charge on any atom is 0.256 e. The lowest BCUT2D eigenvalue weighted by Gasteiger charge is -2.11. The number of nitrogens with one attached hydrogen (secondary N) is 2. The molecule has 0 unspecified atom stereocenters. The molecular weight excluding hydrogens is 324 g/mol. The van der Waals surface area contributed by atoms with Crippen LogP contribution >= 0.6 is 0 Å². The third-order valence-electron chi connectivity index (χ3n) is 4.33. The van der Waals surface area contributed by atoms with Crippen LogP contribution in [0.5, 0.6) is 0 Å². The number of carbonyl (C=O) groups is 2. The predicted molar refractivity (Wildman–Crippen MR) is 104 cm³/mol. The van der Waals surface area contributed by atoms with Gasteiger partial charge in [0.2, 0.25) is 0 Å². The monoisotopic (exact) mass is 340 g/mol. The molecule has 0 saturated heterocycles. The number of rotatable bonds is 4. The van der Waals surface area contributed by atoms with Crippen LogP contribution in [0.1, 0.15) is 20.7 Å². The van der Waals surface area contributed by atoms with Gasteiger partial charge in [-0.15, -0.1) is 0 Å². The summed E-state index contributed by atoms with van der Waals surface area (Å²) in [5.74, 6) is -0.309. The van der Waals surface area contributed by atoms with Gasteiger partial charge in [-0.25, -0.2) is 0 Å². The van der Waals surface area contributed by atoms with Crippen molar-refractivity contribution in [2.75, 3.05) is 5.32 Å². The Balaban J connectivity index is 1.72. The smallest absolute Gasteiger partial charge is 0.256 e. The standard InChI is InChI=1S/C22H16N2O2/c25-14-16-8-1-3-9-17(16)22(26)24-20-12-6-4-10-18(20)21-13-15-7-2-5-11-19(15)23-21/h1-14,23H,(H,24,26). The van der Waals surface area contributed by atoms with Gasteiger partial charge in [-0.05, 0) is 24.3 Å². The topological polar surface area (TPSA) is 62.0 Å². The van der Waals surface area contributed by atoms with E-state index in [9.17, 15) is 9.59 Å². The summed E-state index contributed by atoms with van der Waals surface area (Å²) in [6, 6.07) is 24.4. The van der Waals surface area contributed by atoms with Crippen molar-refractivity contribution in [3.63, 3.8) is 0 Å². The number of para-hydroxylation sites is 2. The van der Waals surface area contributed by atoms with E-state index in [0.29, 0.717) is 23.1 Å². The van der Waals surface area contributed by atoms with Gasteiger partial charge in [0.25, 0.3) is 5.91 Å². The first kappa shape index (κ1) is 15.8. The Hall–Kier alpha value is -3.66. The molecule has 1 amide bonds. The van der Waals surface area contributed by atoms with E-state index in [1.165, 1.54) is 0 Å². The molecule has 0 bridgehead atoms. The molecule has 0 aliphatic carbocycles. The van der Waals surface area contributed by atoms with Crippen LogP contribution in [0.3, 0.4) is 0 Å². The highest BCUT2D eigenvalue weighted by Gasteiger charge is 2.14. The minimum Gasteiger partial charge on any atom is -0.354 e. The molecule has 2 N–H and O–H groups in total. The number of benzene rings is 3. The molecule has 0 fully saturated rings. The summed E-state index contributed by atoms with van der Waals surface area (Å²) in [4.78, 5) is 27.2. The second-order valence-corrected chi connectivity index (χ2v) is 5.98. The summed E-state index contributed by atoms with van der Waals surface area (Å²) in [6.07, 6.45) is 0.693. The summed E-state index contributed by atoms with van der Waals surface area (Å²) in [7, 11) is 0. The minimum atomic E-state index is -0.309. The average molecular weight is 340 g/mol. The van der Waals surface area contributed by atoms with Crippen LogP contribution in [0.25, 0.3) is 22.2 Å². The fraction of sp³-hybridized carbons (Fsp3) is 0. The van der Waals surface area contributed by atoms with Crippen LogP contribution in [-0.2, 0) is 0 Å². The third kappa shape index (κ3) is 2.89. The van der Waals surface area contributed by atoms with Gasteiger partial charge >= 0.3 is 0 Å². The van der Waals surface area contributed by atoms with Crippen LogP contribution in [0.2, 0.25) is 0 Å². The van der Waals surface area contributed by atoms with Crippen molar-refractivity contribution >= 4 is 28.8 Å². The quantitative estimate of drug-likeness (QED) is 0.519. The van der Waals surface area contributed by atoms with Crippen molar-refractivity contribution in [1.29, 1.82) is 0 Å². The number of amides is 1. The van der Waals surface area contributed by atoms with E-state index >= 15 is 0 Å². The number of H-pyrrole nitrogens is 1. The maximum absolute atomic E-state index is 12.7. The normalized spacial score (nSPS) is 10.6. The Morgan fingerprint density at radius 1 is 0.885 bits per heavy atom.